The van der Waals surface area contributed by atoms with Crippen molar-refractivity contribution in [2.24, 2.45) is 0 Å². The lowest BCUT2D eigenvalue weighted by atomic mass is 10.0. The van der Waals surface area contributed by atoms with Gasteiger partial charge in [-0.25, -0.2) is 0 Å². The molecule has 20 heavy (non-hydrogen) atoms. The molecule has 0 saturated heterocycles. The van der Waals surface area contributed by atoms with Crippen LogP contribution in [0, 0.1) is 6.92 Å². The summed E-state index contributed by atoms with van der Waals surface area (Å²) in [6.07, 6.45) is -0.472. The average Bonchev–Trinajstić information content (AvgIpc) is 2.40. The maximum absolute atomic E-state index is 11.8. The van der Waals surface area contributed by atoms with Crippen molar-refractivity contribution in [3.05, 3.63) is 29.3 Å². The Bertz CT molecular complexity index is 458. The van der Waals surface area contributed by atoms with Gasteiger partial charge in [0.05, 0.1) is 0 Å². The minimum absolute atomic E-state index is 0.0329. The summed E-state index contributed by atoms with van der Waals surface area (Å²) in [6, 6.07) is 6.41. The first-order valence-corrected chi connectivity index (χ1v) is 7.08. The zero-order valence-corrected chi connectivity index (χ0v) is 13.4. The normalized spacial score (nSPS) is 13.7. The monoisotopic (exact) mass is 278 g/mol. The van der Waals surface area contributed by atoms with Gasteiger partial charge in [0.2, 0.25) is 0 Å². The molecule has 0 aromatic heterocycles. The summed E-state index contributed by atoms with van der Waals surface area (Å²) in [5.74, 6) is 0.731. The summed E-state index contributed by atoms with van der Waals surface area (Å²) < 4.78 is 5.75. The predicted molar refractivity (Wildman–Crippen MR) is 82.1 cm³/mol. The van der Waals surface area contributed by atoms with E-state index in [9.17, 15) is 4.79 Å². The van der Waals surface area contributed by atoms with E-state index in [-0.39, 0.29) is 5.91 Å². The van der Waals surface area contributed by atoms with Gasteiger partial charge in [0.15, 0.2) is 6.10 Å². The van der Waals surface area contributed by atoms with Crippen molar-refractivity contribution in [2.45, 2.75) is 39.8 Å². The minimum Gasteiger partial charge on any atom is -0.481 e. The lowest BCUT2D eigenvalue weighted by Gasteiger charge is -2.20. The number of carbonyl (C=O) groups is 1. The van der Waals surface area contributed by atoms with Crippen LogP contribution in [-0.4, -0.2) is 37.6 Å². The third kappa shape index (κ3) is 4.23. The third-order valence-electron chi connectivity index (χ3n) is 3.30. The number of nitrogens with one attached hydrogen (secondary N) is 1. The van der Waals surface area contributed by atoms with Gasteiger partial charge in [-0.2, -0.15) is 0 Å². The molecule has 4 heteroatoms. The molecule has 1 rings (SSSR count). The first kappa shape index (κ1) is 16.5. The molecule has 1 amide bonds. The quantitative estimate of drug-likeness (QED) is 0.869. The number of likely N-dealkylation sites (N-methyl/N-ethyl adjacent to an activating group) is 1. The molecule has 4 nitrogen and oxygen atoms in total. The highest BCUT2D eigenvalue weighted by Crippen LogP contribution is 2.23. The van der Waals surface area contributed by atoms with Gasteiger partial charge in [-0.15, -0.1) is 0 Å². The highest BCUT2D eigenvalue weighted by atomic mass is 16.5. The first-order chi connectivity index (χ1) is 9.36. The van der Waals surface area contributed by atoms with E-state index in [2.05, 4.69) is 25.2 Å². The largest absolute Gasteiger partial charge is 0.481 e. The molecule has 0 radical (unpaired) electrons. The van der Waals surface area contributed by atoms with Crippen molar-refractivity contribution < 1.29 is 9.53 Å². The molecule has 0 heterocycles. The van der Waals surface area contributed by atoms with Crippen LogP contribution in [-0.2, 0) is 4.79 Å². The molecule has 0 saturated carbocycles. The van der Waals surface area contributed by atoms with E-state index < -0.39 is 6.10 Å². The zero-order valence-electron chi connectivity index (χ0n) is 13.4. The maximum Gasteiger partial charge on any atom is 0.262 e. The van der Waals surface area contributed by atoms with Crippen LogP contribution in [0.25, 0.3) is 0 Å². The van der Waals surface area contributed by atoms with Crippen LogP contribution in [0.4, 0.5) is 0 Å². The van der Waals surface area contributed by atoms with Gasteiger partial charge in [0.1, 0.15) is 5.75 Å². The number of nitrogens with zero attached hydrogens (tertiary/aromatic N) is 1. The topological polar surface area (TPSA) is 41.6 Å². The number of rotatable bonds is 6. The Kier molecular flexibility index (Phi) is 6.02. The Balaban J connectivity index is 2.81. The molecule has 1 aromatic rings. The fourth-order valence-corrected chi connectivity index (χ4v) is 2.10. The number of ether oxygens (including phenoxy) is 1. The van der Waals surface area contributed by atoms with Crippen LogP contribution in [0.15, 0.2) is 18.2 Å². The van der Waals surface area contributed by atoms with Gasteiger partial charge < -0.3 is 15.0 Å². The number of carbonyl (C=O) groups excluding carboxylic acids is 1. The number of hydrogen-bond donors (Lipinski definition) is 1. The molecule has 0 spiro atoms. The maximum atomic E-state index is 11.8. The minimum atomic E-state index is -0.472. The van der Waals surface area contributed by atoms with Gasteiger partial charge in [-0.1, -0.05) is 19.1 Å². The number of benzene rings is 1. The van der Waals surface area contributed by atoms with Crippen molar-refractivity contribution in [2.75, 3.05) is 20.6 Å². The standard InChI is InChI=1S/C16H26N2O2/c1-7-17-12(3)14-8-9-15(11(2)10-14)20-13(4)16(19)18(5)6/h8-10,12-13,17H,7H2,1-6H3. The Morgan fingerprint density at radius 1 is 1.35 bits per heavy atom. The molecule has 0 fully saturated rings. The Morgan fingerprint density at radius 2 is 2.00 bits per heavy atom. The summed E-state index contributed by atoms with van der Waals surface area (Å²) in [6.45, 7) is 8.94. The van der Waals surface area contributed by atoms with Crippen molar-refractivity contribution >= 4 is 5.91 Å². The Morgan fingerprint density at radius 3 is 2.50 bits per heavy atom. The second-order valence-corrected chi connectivity index (χ2v) is 5.30. The average molecular weight is 278 g/mol. The summed E-state index contributed by atoms with van der Waals surface area (Å²) in [4.78, 5) is 13.4. The SMILES string of the molecule is CCNC(C)c1ccc(OC(C)C(=O)N(C)C)c(C)c1. The van der Waals surface area contributed by atoms with E-state index in [0.29, 0.717) is 6.04 Å². The fourth-order valence-electron chi connectivity index (χ4n) is 2.10. The zero-order chi connectivity index (χ0) is 15.3. The summed E-state index contributed by atoms with van der Waals surface area (Å²) in [7, 11) is 3.46. The van der Waals surface area contributed by atoms with Gasteiger partial charge in [-0.05, 0) is 44.5 Å². The second kappa shape index (κ2) is 7.29. The van der Waals surface area contributed by atoms with E-state index in [4.69, 9.17) is 4.74 Å². The first-order valence-electron chi connectivity index (χ1n) is 7.08. The van der Waals surface area contributed by atoms with Crippen LogP contribution in [0.1, 0.15) is 37.9 Å². The van der Waals surface area contributed by atoms with E-state index >= 15 is 0 Å². The molecule has 2 atom stereocenters. The molecular weight excluding hydrogens is 252 g/mol. The Labute approximate surface area is 122 Å². The summed E-state index contributed by atoms with van der Waals surface area (Å²) in [5, 5.41) is 3.38. The van der Waals surface area contributed by atoms with E-state index in [1.165, 1.54) is 5.56 Å². The van der Waals surface area contributed by atoms with Crippen molar-refractivity contribution in [3.63, 3.8) is 0 Å². The molecule has 1 aromatic carbocycles. The van der Waals surface area contributed by atoms with Gasteiger partial charge in [0, 0.05) is 20.1 Å². The molecule has 2 unspecified atom stereocenters. The highest BCUT2D eigenvalue weighted by Gasteiger charge is 2.17. The molecular formula is C16H26N2O2. The van der Waals surface area contributed by atoms with Crippen LogP contribution in [0.2, 0.25) is 0 Å². The van der Waals surface area contributed by atoms with Crippen LogP contribution in [0.3, 0.4) is 0 Å². The van der Waals surface area contributed by atoms with Gasteiger partial charge >= 0.3 is 0 Å². The summed E-state index contributed by atoms with van der Waals surface area (Å²) in [5.41, 5.74) is 2.27. The summed E-state index contributed by atoms with van der Waals surface area (Å²) >= 11 is 0. The Hall–Kier alpha value is -1.55. The van der Waals surface area contributed by atoms with E-state index in [1.54, 1.807) is 25.9 Å². The lowest BCUT2D eigenvalue weighted by molar-refractivity contribution is -0.135. The lowest BCUT2D eigenvalue weighted by Crippen LogP contribution is -2.35. The highest BCUT2D eigenvalue weighted by molar-refractivity contribution is 5.80. The number of aryl methyl sites for hydroxylation is 1. The van der Waals surface area contributed by atoms with Gasteiger partial charge in [0.25, 0.3) is 5.91 Å². The molecule has 1 N–H and O–H groups in total. The fraction of sp³-hybridized carbons (Fsp3) is 0.562. The molecule has 0 aliphatic heterocycles. The van der Waals surface area contributed by atoms with E-state index in [0.717, 1.165) is 17.9 Å². The van der Waals surface area contributed by atoms with Crippen LogP contribution >= 0.6 is 0 Å². The molecule has 0 aliphatic rings. The molecule has 112 valence electrons. The predicted octanol–water partition coefficient (Wildman–Crippen LogP) is 2.52. The molecule has 0 bridgehead atoms. The van der Waals surface area contributed by atoms with Crippen LogP contribution in [0.5, 0.6) is 5.75 Å². The third-order valence-corrected chi connectivity index (χ3v) is 3.30. The number of hydrogen-bond acceptors (Lipinski definition) is 3. The van der Waals surface area contributed by atoms with Crippen molar-refractivity contribution in [1.29, 1.82) is 0 Å². The molecule has 0 aliphatic carbocycles. The van der Waals surface area contributed by atoms with E-state index in [1.807, 2.05) is 19.1 Å². The van der Waals surface area contributed by atoms with Crippen molar-refractivity contribution in [1.82, 2.24) is 10.2 Å². The second-order valence-electron chi connectivity index (χ2n) is 5.30. The van der Waals surface area contributed by atoms with Crippen LogP contribution < -0.4 is 10.1 Å². The van der Waals surface area contributed by atoms with Crippen molar-refractivity contribution in [3.8, 4) is 5.75 Å². The number of amides is 1. The smallest absolute Gasteiger partial charge is 0.262 e. The van der Waals surface area contributed by atoms with Gasteiger partial charge in [-0.3, -0.25) is 4.79 Å².